The fourth-order valence-electron chi connectivity index (χ4n) is 2.44. The second-order valence-electron chi connectivity index (χ2n) is 6.04. The molecule has 1 amide bonds. The molecular formula is C16H20Cl2N3O+. The fraction of sp³-hybridized carbons (Fsp3) is 0.500. The Morgan fingerprint density at radius 2 is 2.18 bits per heavy atom. The van der Waals surface area contributed by atoms with Gasteiger partial charge in [0.1, 0.15) is 11.6 Å². The van der Waals surface area contributed by atoms with Crippen molar-refractivity contribution in [1.29, 1.82) is 5.26 Å². The quantitative estimate of drug-likeness (QED) is 0.834. The molecule has 1 aliphatic carbocycles. The first-order valence-electron chi connectivity index (χ1n) is 7.36. The summed E-state index contributed by atoms with van der Waals surface area (Å²) >= 11 is 11.9. The van der Waals surface area contributed by atoms with E-state index in [1.807, 2.05) is 24.4 Å². The van der Waals surface area contributed by atoms with Crippen molar-refractivity contribution in [1.82, 2.24) is 5.32 Å². The van der Waals surface area contributed by atoms with E-state index < -0.39 is 5.54 Å². The van der Waals surface area contributed by atoms with Crippen LogP contribution in [-0.4, -0.2) is 18.0 Å². The predicted molar refractivity (Wildman–Crippen MR) is 86.6 cm³/mol. The Hall–Kier alpha value is -1.28. The Kier molecular flexibility index (Phi) is 5.33. The van der Waals surface area contributed by atoms with Crippen LogP contribution in [0.4, 0.5) is 0 Å². The zero-order chi connectivity index (χ0) is 16.3. The van der Waals surface area contributed by atoms with Crippen molar-refractivity contribution in [2.45, 2.75) is 38.3 Å². The number of quaternary nitrogens is 1. The first-order chi connectivity index (χ1) is 10.4. The van der Waals surface area contributed by atoms with E-state index in [1.54, 1.807) is 13.0 Å². The van der Waals surface area contributed by atoms with Crippen molar-refractivity contribution in [3.8, 4) is 6.07 Å². The van der Waals surface area contributed by atoms with Gasteiger partial charge in [0.15, 0.2) is 6.54 Å². The van der Waals surface area contributed by atoms with Crippen molar-refractivity contribution in [3.63, 3.8) is 0 Å². The Balaban J connectivity index is 1.87. The molecule has 1 saturated carbocycles. The highest BCUT2D eigenvalue weighted by atomic mass is 35.5. The maximum Gasteiger partial charge on any atom is 0.276 e. The van der Waals surface area contributed by atoms with Crippen LogP contribution in [0.3, 0.4) is 0 Å². The standard InChI is InChI=1S/C16H19Cl2N3O/c1-10(11-3-6-13(17)14(18)7-11)20-8-15(22)21-16(2,9-19)12-4-5-12/h3,6-7,10,12,20H,4-5,8H2,1-2H3,(H,21,22)/p+1/t10-,16-/m0/s1. The Morgan fingerprint density at radius 1 is 1.50 bits per heavy atom. The molecule has 4 nitrogen and oxygen atoms in total. The molecule has 22 heavy (non-hydrogen) atoms. The molecule has 2 rings (SSSR count). The van der Waals surface area contributed by atoms with Gasteiger partial charge in [-0.1, -0.05) is 29.3 Å². The number of hydrogen-bond donors (Lipinski definition) is 2. The third-order valence-corrected chi connectivity index (χ3v) is 4.89. The lowest BCUT2D eigenvalue weighted by molar-refractivity contribution is -0.682. The lowest BCUT2D eigenvalue weighted by Gasteiger charge is -2.22. The summed E-state index contributed by atoms with van der Waals surface area (Å²) in [5.74, 6) is 0.164. The molecule has 0 radical (unpaired) electrons. The van der Waals surface area contributed by atoms with Gasteiger partial charge in [-0.15, -0.1) is 0 Å². The number of nitrogens with zero attached hydrogens (tertiary/aromatic N) is 1. The molecule has 0 aromatic heterocycles. The molecule has 0 saturated heterocycles. The Bertz CT molecular complexity index is 610. The van der Waals surface area contributed by atoms with E-state index >= 15 is 0 Å². The molecule has 0 unspecified atom stereocenters. The maximum atomic E-state index is 12.1. The van der Waals surface area contributed by atoms with Gasteiger partial charge >= 0.3 is 0 Å². The molecule has 0 bridgehead atoms. The molecule has 1 aromatic carbocycles. The number of halogens is 2. The number of carbonyl (C=O) groups is 1. The van der Waals surface area contributed by atoms with Gasteiger partial charge in [-0.3, -0.25) is 4.79 Å². The number of carbonyl (C=O) groups excluding carboxylic acids is 1. The number of rotatable bonds is 6. The number of nitrogens with two attached hydrogens (primary N) is 1. The summed E-state index contributed by atoms with van der Waals surface area (Å²) in [7, 11) is 0. The van der Waals surface area contributed by atoms with E-state index in [0.29, 0.717) is 10.0 Å². The number of benzene rings is 1. The van der Waals surface area contributed by atoms with Crippen LogP contribution in [-0.2, 0) is 4.79 Å². The summed E-state index contributed by atoms with van der Waals surface area (Å²) in [6.45, 7) is 4.06. The molecule has 0 aliphatic heterocycles. The van der Waals surface area contributed by atoms with Crippen molar-refractivity contribution >= 4 is 29.1 Å². The van der Waals surface area contributed by atoms with Crippen molar-refractivity contribution in [2.24, 2.45) is 5.92 Å². The van der Waals surface area contributed by atoms with Crippen LogP contribution in [0.25, 0.3) is 0 Å². The van der Waals surface area contributed by atoms with Gasteiger partial charge in [-0.05, 0) is 44.7 Å². The minimum Gasteiger partial charge on any atom is -0.333 e. The molecule has 1 aromatic rings. The fourth-order valence-corrected chi connectivity index (χ4v) is 2.74. The monoisotopic (exact) mass is 340 g/mol. The zero-order valence-electron chi connectivity index (χ0n) is 12.7. The molecule has 0 spiro atoms. The van der Waals surface area contributed by atoms with Crippen LogP contribution < -0.4 is 10.6 Å². The second kappa shape index (κ2) is 6.87. The van der Waals surface area contributed by atoms with Gasteiger partial charge in [0.2, 0.25) is 0 Å². The van der Waals surface area contributed by atoms with E-state index in [-0.39, 0.29) is 24.4 Å². The lowest BCUT2D eigenvalue weighted by atomic mass is 9.98. The summed E-state index contributed by atoms with van der Waals surface area (Å²) in [6.07, 6.45) is 2.02. The largest absolute Gasteiger partial charge is 0.333 e. The van der Waals surface area contributed by atoms with Gasteiger partial charge in [0.25, 0.3) is 5.91 Å². The molecule has 118 valence electrons. The SMILES string of the molecule is C[C@H]([NH2+]CC(=O)N[C@@](C)(C#N)C1CC1)c1ccc(Cl)c(Cl)c1. The summed E-state index contributed by atoms with van der Waals surface area (Å²) in [5.41, 5.74) is 0.269. The van der Waals surface area contributed by atoms with Crippen LogP contribution in [0.2, 0.25) is 10.0 Å². The molecule has 0 heterocycles. The number of nitrogens with one attached hydrogen (secondary N) is 1. The van der Waals surface area contributed by atoms with E-state index in [2.05, 4.69) is 11.4 Å². The van der Waals surface area contributed by atoms with Gasteiger partial charge in [-0.25, -0.2) is 0 Å². The van der Waals surface area contributed by atoms with Crippen LogP contribution in [0.1, 0.15) is 38.3 Å². The number of nitriles is 1. The van der Waals surface area contributed by atoms with Crippen LogP contribution >= 0.6 is 23.2 Å². The van der Waals surface area contributed by atoms with Gasteiger partial charge < -0.3 is 10.6 Å². The topological polar surface area (TPSA) is 69.5 Å². The second-order valence-corrected chi connectivity index (χ2v) is 6.85. The van der Waals surface area contributed by atoms with E-state index in [1.165, 1.54) is 0 Å². The molecule has 2 atom stereocenters. The van der Waals surface area contributed by atoms with Crippen LogP contribution in [0.15, 0.2) is 18.2 Å². The Morgan fingerprint density at radius 3 is 2.73 bits per heavy atom. The molecule has 1 aliphatic rings. The van der Waals surface area contributed by atoms with Gasteiger partial charge in [-0.2, -0.15) is 5.26 Å². The predicted octanol–water partition coefficient (Wildman–Crippen LogP) is 2.43. The first kappa shape index (κ1) is 17.1. The molecule has 3 N–H and O–H groups in total. The lowest BCUT2D eigenvalue weighted by Crippen LogP contribution is -2.87. The van der Waals surface area contributed by atoms with Crippen molar-refractivity contribution < 1.29 is 10.1 Å². The Labute approximate surface area is 140 Å². The highest BCUT2D eigenvalue weighted by Gasteiger charge is 2.43. The zero-order valence-corrected chi connectivity index (χ0v) is 14.2. The highest BCUT2D eigenvalue weighted by Crippen LogP contribution is 2.39. The minimum atomic E-state index is -0.738. The van der Waals surface area contributed by atoms with Crippen LogP contribution in [0.5, 0.6) is 0 Å². The molecular weight excluding hydrogens is 321 g/mol. The minimum absolute atomic E-state index is 0.0785. The van der Waals surface area contributed by atoms with E-state index in [0.717, 1.165) is 18.4 Å². The van der Waals surface area contributed by atoms with Gasteiger partial charge in [0.05, 0.1) is 16.1 Å². The third kappa shape index (κ3) is 4.13. The smallest absolute Gasteiger partial charge is 0.276 e. The van der Waals surface area contributed by atoms with E-state index in [4.69, 9.17) is 23.2 Å². The van der Waals surface area contributed by atoms with Crippen LogP contribution in [0, 0.1) is 17.2 Å². The normalized spacial score (nSPS) is 18.1. The number of amides is 1. The number of hydrogen-bond acceptors (Lipinski definition) is 2. The third-order valence-electron chi connectivity index (χ3n) is 4.15. The summed E-state index contributed by atoms with van der Waals surface area (Å²) in [5, 5.41) is 15.1. The average Bonchev–Trinajstić information content (AvgIpc) is 3.32. The summed E-state index contributed by atoms with van der Waals surface area (Å²) in [6, 6.07) is 7.77. The average molecular weight is 341 g/mol. The summed E-state index contributed by atoms with van der Waals surface area (Å²) in [4.78, 5) is 12.1. The highest BCUT2D eigenvalue weighted by molar-refractivity contribution is 6.42. The molecule has 6 heteroatoms. The molecule has 1 fully saturated rings. The maximum absolute atomic E-state index is 12.1. The van der Waals surface area contributed by atoms with Crippen molar-refractivity contribution in [2.75, 3.05) is 6.54 Å². The van der Waals surface area contributed by atoms with E-state index in [9.17, 15) is 10.1 Å². The first-order valence-corrected chi connectivity index (χ1v) is 8.12. The van der Waals surface area contributed by atoms with Crippen molar-refractivity contribution in [3.05, 3.63) is 33.8 Å². The van der Waals surface area contributed by atoms with Gasteiger partial charge in [0, 0.05) is 5.56 Å². The summed E-state index contributed by atoms with van der Waals surface area (Å²) < 4.78 is 0.